The molecular weight excluding hydrogens is 552 g/mol. The van der Waals surface area contributed by atoms with E-state index in [1.807, 2.05) is 44.2 Å². The van der Waals surface area contributed by atoms with Gasteiger partial charge in [0.15, 0.2) is 0 Å². The number of esters is 1. The van der Waals surface area contributed by atoms with Gasteiger partial charge in [-0.2, -0.15) is 0 Å². The van der Waals surface area contributed by atoms with E-state index >= 15 is 0 Å². The Hall–Kier alpha value is -2.49. The van der Waals surface area contributed by atoms with Crippen LogP contribution in [0.2, 0.25) is 0 Å². The molecule has 2 amide bonds. The number of carbonyl (C=O) groups excluding carboxylic acids is 3. The van der Waals surface area contributed by atoms with Crippen LogP contribution < -0.4 is 0 Å². The van der Waals surface area contributed by atoms with Crippen molar-refractivity contribution in [2.75, 3.05) is 19.8 Å². The maximum absolute atomic E-state index is 14.3. The van der Waals surface area contributed by atoms with Crippen molar-refractivity contribution < 1.29 is 29.0 Å². The van der Waals surface area contributed by atoms with Crippen molar-refractivity contribution in [2.45, 2.75) is 67.8 Å². The van der Waals surface area contributed by atoms with Gasteiger partial charge in [-0.15, -0.1) is 13.2 Å². The number of aliphatic hydroxyl groups excluding tert-OH is 1. The molecule has 3 unspecified atom stereocenters. The molecule has 0 aliphatic carbocycles. The van der Waals surface area contributed by atoms with Crippen molar-refractivity contribution in [1.82, 2.24) is 9.80 Å². The Balaban J connectivity index is 1.78. The number of halogens is 1. The maximum Gasteiger partial charge on any atom is 0.312 e. The lowest BCUT2D eigenvalue weighted by atomic mass is 9.70. The van der Waals surface area contributed by atoms with Crippen molar-refractivity contribution >= 4 is 33.7 Å². The number of benzene rings is 1. The second-order valence-corrected chi connectivity index (χ2v) is 11.7. The molecule has 0 saturated carbocycles. The molecule has 4 rings (SSSR count). The van der Waals surface area contributed by atoms with Crippen LogP contribution in [-0.4, -0.2) is 87.1 Å². The number of nitrogens with zero attached hydrogens (tertiary/aromatic N) is 2. The molecule has 2 bridgehead atoms. The molecule has 3 saturated heterocycles. The average Bonchev–Trinajstić information content (AvgIpc) is 3.49. The zero-order valence-corrected chi connectivity index (χ0v) is 23.6. The van der Waals surface area contributed by atoms with Gasteiger partial charge >= 0.3 is 5.97 Å². The Bertz CT molecular complexity index is 1060. The summed E-state index contributed by atoms with van der Waals surface area (Å²) in [6, 6.07) is 7.70. The Labute approximate surface area is 232 Å². The zero-order chi connectivity index (χ0) is 27.6. The Morgan fingerprint density at radius 3 is 2.61 bits per heavy atom. The number of fused-ring (bicyclic) bond motifs is 1. The van der Waals surface area contributed by atoms with E-state index in [9.17, 15) is 19.5 Å². The smallest absolute Gasteiger partial charge is 0.312 e. The van der Waals surface area contributed by atoms with Gasteiger partial charge in [-0.3, -0.25) is 14.4 Å². The number of likely N-dealkylation sites (tertiary alicyclic amines) is 1. The number of carbonyl (C=O) groups is 3. The number of hydrogen-bond acceptors (Lipinski definition) is 6. The van der Waals surface area contributed by atoms with Crippen LogP contribution in [0, 0.1) is 11.8 Å². The van der Waals surface area contributed by atoms with Gasteiger partial charge in [-0.25, -0.2) is 0 Å². The van der Waals surface area contributed by atoms with Gasteiger partial charge in [0, 0.05) is 17.4 Å². The van der Waals surface area contributed by atoms with Crippen molar-refractivity contribution in [3.05, 3.63) is 61.2 Å². The van der Waals surface area contributed by atoms with Crippen molar-refractivity contribution in [3.63, 3.8) is 0 Å². The Morgan fingerprint density at radius 1 is 1.29 bits per heavy atom. The monoisotopic (exact) mass is 588 g/mol. The van der Waals surface area contributed by atoms with Crippen LogP contribution in [0.15, 0.2) is 55.6 Å². The summed E-state index contributed by atoms with van der Waals surface area (Å²) >= 11 is 3.67. The molecular formula is C29H37BrN2O6. The Kier molecular flexibility index (Phi) is 8.79. The molecule has 1 spiro atoms. The fraction of sp³-hybridized carbons (Fsp3) is 0.552. The van der Waals surface area contributed by atoms with E-state index in [1.54, 1.807) is 17.1 Å². The first-order valence-electron chi connectivity index (χ1n) is 13.2. The van der Waals surface area contributed by atoms with E-state index in [4.69, 9.17) is 9.47 Å². The van der Waals surface area contributed by atoms with Gasteiger partial charge in [-0.05, 0) is 38.7 Å². The quantitative estimate of drug-likeness (QED) is 0.174. The summed E-state index contributed by atoms with van der Waals surface area (Å²) in [4.78, 5) is 44.8. The SMILES string of the molecule is C=CCCOC(=O)[C@H]1[C@H]2C(=O)N([C@@H](CO)Cc3ccccc3)C(C(=O)N(CC=C)C(C)C)C23CC(Br)[C@@H]1O3. The summed E-state index contributed by atoms with van der Waals surface area (Å²) in [5.74, 6) is -2.87. The van der Waals surface area contributed by atoms with Crippen LogP contribution in [0.3, 0.4) is 0 Å². The highest BCUT2D eigenvalue weighted by atomic mass is 79.9. The van der Waals surface area contributed by atoms with Crippen LogP contribution in [-0.2, 0) is 30.3 Å². The molecule has 8 nitrogen and oxygen atoms in total. The van der Waals surface area contributed by atoms with E-state index in [1.165, 1.54) is 4.90 Å². The normalized spacial score (nSPS) is 30.3. The summed E-state index contributed by atoms with van der Waals surface area (Å²) < 4.78 is 12.1. The molecule has 1 aromatic rings. The predicted octanol–water partition coefficient (Wildman–Crippen LogP) is 2.88. The van der Waals surface area contributed by atoms with Crippen molar-refractivity contribution in [3.8, 4) is 0 Å². The third-order valence-electron chi connectivity index (χ3n) is 7.95. The average molecular weight is 590 g/mol. The molecule has 3 fully saturated rings. The topological polar surface area (TPSA) is 96.4 Å². The second kappa shape index (κ2) is 11.7. The van der Waals surface area contributed by atoms with Gasteiger partial charge in [0.05, 0.1) is 37.2 Å². The minimum absolute atomic E-state index is 0.159. The molecule has 3 aliphatic rings. The summed E-state index contributed by atoms with van der Waals surface area (Å²) in [5, 5.41) is 10.5. The van der Waals surface area contributed by atoms with Crippen molar-refractivity contribution in [2.24, 2.45) is 11.8 Å². The van der Waals surface area contributed by atoms with E-state index < -0.39 is 41.6 Å². The van der Waals surface area contributed by atoms with Gasteiger partial charge in [-0.1, -0.05) is 58.4 Å². The first-order valence-corrected chi connectivity index (χ1v) is 14.1. The highest BCUT2D eigenvalue weighted by Crippen LogP contribution is 2.60. The van der Waals surface area contributed by atoms with Gasteiger partial charge in [0.1, 0.15) is 11.6 Å². The summed E-state index contributed by atoms with van der Waals surface area (Å²) in [5.41, 5.74) is -0.288. The molecule has 0 aromatic heterocycles. The third-order valence-corrected chi connectivity index (χ3v) is 8.79. The fourth-order valence-corrected chi connectivity index (χ4v) is 7.28. The molecule has 38 heavy (non-hydrogen) atoms. The predicted molar refractivity (Wildman–Crippen MR) is 146 cm³/mol. The lowest BCUT2D eigenvalue weighted by molar-refractivity contribution is -0.156. The van der Waals surface area contributed by atoms with E-state index in [0.29, 0.717) is 25.8 Å². The minimum Gasteiger partial charge on any atom is -0.465 e. The zero-order valence-electron chi connectivity index (χ0n) is 22.0. The number of hydrogen-bond donors (Lipinski definition) is 1. The largest absolute Gasteiger partial charge is 0.465 e. The minimum atomic E-state index is -1.21. The van der Waals surface area contributed by atoms with Gasteiger partial charge < -0.3 is 24.4 Å². The molecule has 7 atom stereocenters. The van der Waals surface area contributed by atoms with E-state index in [2.05, 4.69) is 29.1 Å². The van der Waals surface area contributed by atoms with E-state index in [0.717, 1.165) is 5.56 Å². The molecule has 206 valence electrons. The molecule has 1 aromatic carbocycles. The number of amides is 2. The standard InChI is InChI=1S/C29H37BrN2O6/c1-5-7-14-37-28(36)22-23-26(34)32(20(17-33)15-19-11-9-8-10-12-19)25(27(35)31(13-6-2)18(3)4)29(23)16-21(30)24(22)38-29/h5-6,8-12,18,20-25,33H,1-2,7,13-17H2,3-4H3/t20-,21?,22+,23+,24+,25?,29?/m1/s1. The first kappa shape index (κ1) is 28.5. The molecule has 3 heterocycles. The van der Waals surface area contributed by atoms with Crippen LogP contribution in [0.25, 0.3) is 0 Å². The van der Waals surface area contributed by atoms with Gasteiger partial charge in [0.2, 0.25) is 11.8 Å². The summed E-state index contributed by atoms with van der Waals surface area (Å²) in [6.07, 6.45) is 3.96. The molecule has 1 N–H and O–H groups in total. The molecule has 3 aliphatic heterocycles. The van der Waals surface area contributed by atoms with Crippen LogP contribution >= 0.6 is 15.9 Å². The first-order chi connectivity index (χ1) is 18.2. The summed E-state index contributed by atoms with van der Waals surface area (Å²) in [6.45, 7) is 11.4. The van der Waals surface area contributed by atoms with Crippen LogP contribution in [0.5, 0.6) is 0 Å². The number of ether oxygens (including phenoxy) is 2. The number of aliphatic hydroxyl groups is 1. The highest BCUT2D eigenvalue weighted by Gasteiger charge is 2.77. The Morgan fingerprint density at radius 2 is 2.00 bits per heavy atom. The lowest BCUT2D eigenvalue weighted by Crippen LogP contribution is -2.60. The van der Waals surface area contributed by atoms with Crippen LogP contribution in [0.1, 0.15) is 32.3 Å². The lowest BCUT2D eigenvalue weighted by Gasteiger charge is -2.40. The summed E-state index contributed by atoms with van der Waals surface area (Å²) in [7, 11) is 0. The second-order valence-electron chi connectivity index (χ2n) is 10.6. The molecule has 9 heteroatoms. The van der Waals surface area contributed by atoms with E-state index in [-0.39, 0.29) is 35.9 Å². The van der Waals surface area contributed by atoms with Gasteiger partial charge in [0.25, 0.3) is 0 Å². The third kappa shape index (κ3) is 4.84. The van der Waals surface area contributed by atoms with Crippen molar-refractivity contribution in [1.29, 1.82) is 0 Å². The molecule has 0 radical (unpaired) electrons. The maximum atomic E-state index is 14.3. The highest BCUT2D eigenvalue weighted by molar-refractivity contribution is 9.09. The number of rotatable bonds is 12. The van der Waals surface area contributed by atoms with Crippen LogP contribution in [0.4, 0.5) is 0 Å². The number of alkyl halides is 1. The fourth-order valence-electron chi connectivity index (χ4n) is 6.34.